The maximum atomic E-state index is 14.0. The number of H-pyrrole nitrogens is 1. The lowest BCUT2D eigenvalue weighted by molar-refractivity contribution is 0.256. The van der Waals surface area contributed by atoms with Crippen molar-refractivity contribution in [3.63, 3.8) is 0 Å². The Labute approximate surface area is 109 Å². The van der Waals surface area contributed by atoms with Crippen LogP contribution in [0.4, 0.5) is 8.78 Å². The lowest BCUT2D eigenvalue weighted by atomic mass is 9.85. The van der Waals surface area contributed by atoms with E-state index in [0.717, 1.165) is 31.7 Å². The van der Waals surface area contributed by atoms with E-state index in [1.165, 1.54) is 10.6 Å². The fourth-order valence-corrected chi connectivity index (χ4v) is 3.15. The van der Waals surface area contributed by atoms with Crippen molar-refractivity contribution in [2.75, 3.05) is 0 Å². The monoisotopic (exact) mass is 266 g/mol. The average Bonchev–Trinajstić information content (AvgIpc) is 2.72. The molecule has 1 fully saturated rings. The molecular weight excluding hydrogens is 250 g/mol. The highest BCUT2D eigenvalue weighted by atomic mass is 19.2. The standard InChI is InChI=1S/C14H16F2N2O/c1-8-4-2-3-5-11(8)18-13-10(17-14(18)19)7-6-9(15)12(13)16/h6-8,11H,2-5H2,1H3,(H,17,19). The van der Waals surface area contributed by atoms with Crippen LogP contribution in [-0.2, 0) is 0 Å². The van der Waals surface area contributed by atoms with Gasteiger partial charge in [-0.05, 0) is 30.9 Å². The molecule has 19 heavy (non-hydrogen) atoms. The van der Waals surface area contributed by atoms with Crippen LogP contribution in [0.15, 0.2) is 16.9 Å². The van der Waals surface area contributed by atoms with Crippen LogP contribution in [0, 0.1) is 17.6 Å². The number of aromatic nitrogens is 2. The van der Waals surface area contributed by atoms with Crippen molar-refractivity contribution in [1.82, 2.24) is 9.55 Å². The van der Waals surface area contributed by atoms with Crippen molar-refractivity contribution in [3.05, 3.63) is 34.3 Å². The van der Waals surface area contributed by atoms with E-state index >= 15 is 0 Å². The smallest absolute Gasteiger partial charge is 0.305 e. The van der Waals surface area contributed by atoms with Crippen LogP contribution in [0.1, 0.15) is 38.6 Å². The summed E-state index contributed by atoms with van der Waals surface area (Å²) in [7, 11) is 0. The van der Waals surface area contributed by atoms with Gasteiger partial charge < -0.3 is 4.98 Å². The summed E-state index contributed by atoms with van der Waals surface area (Å²) in [6.45, 7) is 2.06. The zero-order valence-electron chi connectivity index (χ0n) is 10.7. The highest BCUT2D eigenvalue weighted by Crippen LogP contribution is 2.35. The van der Waals surface area contributed by atoms with Gasteiger partial charge in [0.15, 0.2) is 11.6 Å². The Morgan fingerprint density at radius 1 is 1.26 bits per heavy atom. The van der Waals surface area contributed by atoms with E-state index < -0.39 is 11.6 Å². The molecule has 3 nitrogen and oxygen atoms in total. The van der Waals surface area contributed by atoms with Crippen molar-refractivity contribution < 1.29 is 8.78 Å². The van der Waals surface area contributed by atoms with Gasteiger partial charge in [-0.15, -0.1) is 0 Å². The molecule has 2 aromatic rings. The van der Waals surface area contributed by atoms with Gasteiger partial charge >= 0.3 is 5.69 Å². The van der Waals surface area contributed by atoms with Crippen LogP contribution >= 0.6 is 0 Å². The van der Waals surface area contributed by atoms with Gasteiger partial charge in [0.25, 0.3) is 0 Å². The van der Waals surface area contributed by atoms with E-state index in [2.05, 4.69) is 11.9 Å². The third kappa shape index (κ3) is 1.88. The van der Waals surface area contributed by atoms with Gasteiger partial charge in [0.1, 0.15) is 5.52 Å². The number of aromatic amines is 1. The lowest BCUT2D eigenvalue weighted by Gasteiger charge is -2.29. The van der Waals surface area contributed by atoms with Crippen molar-refractivity contribution in [3.8, 4) is 0 Å². The van der Waals surface area contributed by atoms with Crippen molar-refractivity contribution >= 4 is 11.0 Å². The Morgan fingerprint density at radius 3 is 2.74 bits per heavy atom. The Morgan fingerprint density at radius 2 is 2.00 bits per heavy atom. The number of hydrogen-bond acceptors (Lipinski definition) is 1. The average molecular weight is 266 g/mol. The summed E-state index contributed by atoms with van der Waals surface area (Å²) in [6.07, 6.45) is 4.00. The second-order valence-corrected chi connectivity index (χ2v) is 5.39. The molecule has 3 rings (SSSR count). The predicted molar refractivity (Wildman–Crippen MR) is 69.1 cm³/mol. The van der Waals surface area contributed by atoms with Crippen LogP contribution in [0.5, 0.6) is 0 Å². The Hall–Kier alpha value is -1.65. The number of benzene rings is 1. The molecule has 0 aliphatic heterocycles. The van der Waals surface area contributed by atoms with Crippen molar-refractivity contribution in [2.45, 2.75) is 38.6 Å². The highest BCUT2D eigenvalue weighted by molar-refractivity contribution is 5.76. The number of nitrogens with one attached hydrogen (secondary N) is 1. The van der Waals surface area contributed by atoms with E-state index in [-0.39, 0.29) is 17.2 Å². The normalized spacial score (nSPS) is 23.9. The van der Waals surface area contributed by atoms with Gasteiger partial charge in [-0.25, -0.2) is 13.6 Å². The van der Waals surface area contributed by atoms with Gasteiger partial charge in [-0.1, -0.05) is 19.8 Å². The first kappa shape index (κ1) is 12.4. The van der Waals surface area contributed by atoms with E-state index in [4.69, 9.17) is 0 Å². The lowest BCUT2D eigenvalue weighted by Crippen LogP contribution is -2.29. The molecular formula is C14H16F2N2O. The number of rotatable bonds is 1. The topological polar surface area (TPSA) is 37.8 Å². The summed E-state index contributed by atoms with van der Waals surface area (Å²) in [6, 6.07) is 2.41. The number of halogens is 2. The van der Waals surface area contributed by atoms with Gasteiger partial charge in [-0.3, -0.25) is 4.57 Å². The molecule has 0 amide bonds. The van der Waals surface area contributed by atoms with Crippen LogP contribution in [0.2, 0.25) is 0 Å². The summed E-state index contributed by atoms with van der Waals surface area (Å²) in [4.78, 5) is 14.7. The van der Waals surface area contributed by atoms with E-state index in [1.807, 2.05) is 0 Å². The number of fused-ring (bicyclic) bond motifs is 1. The molecule has 1 aromatic heterocycles. The van der Waals surface area contributed by atoms with Gasteiger partial charge in [0.2, 0.25) is 0 Å². The SMILES string of the molecule is CC1CCCCC1n1c(=O)[nH]c2ccc(F)c(F)c21. The maximum absolute atomic E-state index is 14.0. The molecule has 0 saturated heterocycles. The predicted octanol–water partition coefficient (Wildman–Crippen LogP) is 3.36. The Balaban J connectivity index is 2.25. The fraction of sp³-hybridized carbons (Fsp3) is 0.500. The minimum Gasteiger partial charge on any atom is -0.305 e. The fourth-order valence-electron chi connectivity index (χ4n) is 3.15. The summed E-state index contributed by atoms with van der Waals surface area (Å²) in [5.74, 6) is -1.55. The zero-order valence-corrected chi connectivity index (χ0v) is 10.7. The van der Waals surface area contributed by atoms with Gasteiger partial charge in [0.05, 0.1) is 5.52 Å². The molecule has 2 unspecified atom stereocenters. The van der Waals surface area contributed by atoms with E-state index in [0.29, 0.717) is 11.4 Å². The summed E-state index contributed by atoms with van der Waals surface area (Å²) < 4.78 is 28.8. The number of nitrogens with zero attached hydrogens (tertiary/aromatic N) is 1. The minimum absolute atomic E-state index is 0.0497. The second kappa shape index (κ2) is 4.47. The summed E-state index contributed by atoms with van der Waals surface area (Å²) in [5.41, 5.74) is 0.0867. The molecule has 1 aliphatic rings. The third-order valence-electron chi connectivity index (χ3n) is 4.17. The maximum Gasteiger partial charge on any atom is 0.326 e. The largest absolute Gasteiger partial charge is 0.326 e. The van der Waals surface area contributed by atoms with Crippen LogP contribution in [-0.4, -0.2) is 9.55 Å². The molecule has 1 aromatic carbocycles. The van der Waals surface area contributed by atoms with Crippen LogP contribution < -0.4 is 5.69 Å². The minimum atomic E-state index is -0.936. The molecule has 0 radical (unpaired) electrons. The number of hydrogen-bond donors (Lipinski definition) is 1. The first-order valence-electron chi connectivity index (χ1n) is 6.68. The molecule has 0 bridgehead atoms. The van der Waals surface area contributed by atoms with Gasteiger partial charge in [-0.2, -0.15) is 0 Å². The molecule has 1 saturated carbocycles. The van der Waals surface area contributed by atoms with Gasteiger partial charge in [0, 0.05) is 6.04 Å². The number of imidazole rings is 1. The van der Waals surface area contributed by atoms with E-state index in [1.54, 1.807) is 0 Å². The molecule has 102 valence electrons. The highest BCUT2D eigenvalue weighted by Gasteiger charge is 2.27. The molecule has 2 atom stereocenters. The Bertz CT molecular complexity index is 674. The van der Waals surface area contributed by atoms with Crippen molar-refractivity contribution in [2.24, 2.45) is 5.92 Å². The van der Waals surface area contributed by atoms with E-state index in [9.17, 15) is 13.6 Å². The first-order valence-corrected chi connectivity index (χ1v) is 6.68. The summed E-state index contributed by atoms with van der Waals surface area (Å²) in [5, 5.41) is 0. The second-order valence-electron chi connectivity index (χ2n) is 5.39. The zero-order chi connectivity index (χ0) is 13.6. The first-order chi connectivity index (χ1) is 9.09. The molecule has 1 aliphatic carbocycles. The molecule has 1 heterocycles. The Kier molecular flexibility index (Phi) is 2.92. The van der Waals surface area contributed by atoms with Crippen LogP contribution in [0.3, 0.4) is 0 Å². The quantitative estimate of drug-likeness (QED) is 0.844. The molecule has 1 N–H and O–H groups in total. The summed E-state index contributed by atoms with van der Waals surface area (Å²) >= 11 is 0. The van der Waals surface area contributed by atoms with Crippen molar-refractivity contribution in [1.29, 1.82) is 0 Å². The third-order valence-corrected chi connectivity index (χ3v) is 4.17. The molecule has 5 heteroatoms. The van der Waals surface area contributed by atoms with Crippen LogP contribution in [0.25, 0.3) is 11.0 Å². The molecule has 0 spiro atoms.